The Hall–Kier alpha value is -3.57. The van der Waals surface area contributed by atoms with Crippen molar-refractivity contribution in [1.82, 2.24) is 4.98 Å². The van der Waals surface area contributed by atoms with Crippen molar-refractivity contribution in [2.24, 2.45) is 16.7 Å². The second-order valence-corrected chi connectivity index (χ2v) is 18.0. The van der Waals surface area contributed by atoms with Crippen LogP contribution in [0.2, 0.25) is 0 Å². The zero-order valence-corrected chi connectivity index (χ0v) is 38.2. The molecule has 0 aliphatic carbocycles. The van der Waals surface area contributed by atoms with Crippen LogP contribution in [0.1, 0.15) is 119 Å². The number of aromatic nitrogens is 1. The van der Waals surface area contributed by atoms with Gasteiger partial charge in [-0.05, 0) is 91.6 Å². The fraction of sp³-hybridized carbons (Fsp3) is 0.429. The molecule has 0 unspecified atom stereocenters. The number of thiophene rings is 1. The van der Waals surface area contributed by atoms with Crippen LogP contribution < -0.4 is 0 Å². The number of rotatable bonds is 11. The van der Waals surface area contributed by atoms with Crippen molar-refractivity contribution in [3.63, 3.8) is 0 Å². The minimum Gasteiger partial charge on any atom is -0.512 e. The number of pyridine rings is 1. The number of aliphatic hydroxyl groups excluding tert-OH is 1. The molecule has 0 aliphatic rings. The predicted octanol–water partition coefficient (Wildman–Crippen LogP) is 14.8. The third-order valence-electron chi connectivity index (χ3n) is 11.8. The first-order valence-corrected chi connectivity index (χ1v) is 20.6. The summed E-state index contributed by atoms with van der Waals surface area (Å²) in [4.78, 5) is 18.3. The Kier molecular flexibility index (Phi) is 14.2. The van der Waals surface area contributed by atoms with Crippen molar-refractivity contribution in [2.75, 3.05) is 0 Å². The van der Waals surface area contributed by atoms with Gasteiger partial charge in [-0.3, -0.25) is 9.78 Å². The molecule has 0 atom stereocenters. The minimum absolute atomic E-state index is 0. The van der Waals surface area contributed by atoms with Crippen LogP contribution in [0.5, 0.6) is 0 Å². The number of furan rings is 1. The van der Waals surface area contributed by atoms with Crippen molar-refractivity contribution in [3.05, 3.63) is 102 Å². The van der Waals surface area contributed by atoms with Crippen molar-refractivity contribution in [1.29, 1.82) is 0 Å². The molecule has 3 heterocycles. The van der Waals surface area contributed by atoms with Crippen molar-refractivity contribution in [2.45, 2.75) is 121 Å². The van der Waals surface area contributed by atoms with E-state index in [-0.39, 0.29) is 47.9 Å². The summed E-state index contributed by atoms with van der Waals surface area (Å²) >= 11 is 1.82. The monoisotopic (exact) mass is 935 g/mol. The van der Waals surface area contributed by atoms with E-state index < -0.39 is 0 Å². The van der Waals surface area contributed by atoms with Gasteiger partial charge in [-0.2, -0.15) is 0 Å². The minimum atomic E-state index is -0.337. The molecule has 3 aromatic heterocycles. The van der Waals surface area contributed by atoms with Crippen molar-refractivity contribution in [3.8, 4) is 21.7 Å². The van der Waals surface area contributed by atoms with E-state index in [1.807, 2.05) is 59.1 Å². The number of carbonyl (C=O) groups excluding carboxylic acids is 1. The molecule has 6 heteroatoms. The van der Waals surface area contributed by atoms with E-state index >= 15 is 0 Å². The number of hydrogen-bond acceptors (Lipinski definition) is 5. The third-order valence-corrected chi connectivity index (χ3v) is 12.9. The largest absolute Gasteiger partial charge is 0.512 e. The van der Waals surface area contributed by atoms with Gasteiger partial charge < -0.3 is 9.52 Å². The third kappa shape index (κ3) is 9.36. The second kappa shape index (κ2) is 17.7. The van der Waals surface area contributed by atoms with Gasteiger partial charge in [0.1, 0.15) is 17.1 Å². The molecular weight excluding hydrogens is 875 g/mol. The number of aliphatic hydroxyl groups is 1. The maximum absolute atomic E-state index is 12.2. The molecule has 1 N–H and O–H groups in total. The Balaban J connectivity index is 0.000000320. The first-order valence-electron chi connectivity index (χ1n) is 19.8. The first-order chi connectivity index (χ1) is 25.5. The van der Waals surface area contributed by atoms with E-state index in [9.17, 15) is 9.90 Å². The van der Waals surface area contributed by atoms with Gasteiger partial charge in [-0.15, -0.1) is 40.5 Å². The maximum Gasteiger partial charge on any atom is 0.164 e. The van der Waals surface area contributed by atoms with Crippen LogP contribution in [-0.2, 0) is 36.7 Å². The zero-order valence-electron chi connectivity index (χ0n) is 35.0. The Morgan fingerprint density at radius 1 is 0.873 bits per heavy atom. The van der Waals surface area contributed by atoms with Crippen LogP contribution >= 0.6 is 11.3 Å². The molecule has 0 aliphatic heterocycles. The maximum atomic E-state index is 12.2. The van der Waals surface area contributed by atoms with E-state index in [2.05, 4.69) is 108 Å². The van der Waals surface area contributed by atoms with Gasteiger partial charge in [0.2, 0.25) is 0 Å². The summed E-state index contributed by atoms with van der Waals surface area (Å²) in [6.07, 6.45) is 7.71. The SMILES string of the molecule is CCC(C)(CC)C(=O)/C=C(\O)C(C)(CC)CC.Cc1oc2ccc(-c3cc4c(-c5[c-]c6ccccc6c(C(C)(C)C)c5)nccc4s3)cc2c1CC(C)C.[Ir]. The smallest absolute Gasteiger partial charge is 0.164 e. The van der Waals surface area contributed by atoms with Crippen LogP contribution in [0.4, 0.5) is 0 Å². The summed E-state index contributed by atoms with van der Waals surface area (Å²) in [5, 5.41) is 14.9. The fourth-order valence-corrected chi connectivity index (χ4v) is 8.12. The topological polar surface area (TPSA) is 63.3 Å². The summed E-state index contributed by atoms with van der Waals surface area (Å²) in [5.41, 5.74) is 6.32. The average molecular weight is 935 g/mol. The molecule has 55 heavy (non-hydrogen) atoms. The molecule has 0 spiro atoms. The number of fused-ring (bicyclic) bond motifs is 3. The zero-order chi connectivity index (χ0) is 39.6. The van der Waals surface area contributed by atoms with Crippen molar-refractivity contribution < 1.29 is 34.4 Å². The van der Waals surface area contributed by atoms with Crippen LogP contribution in [0.3, 0.4) is 0 Å². The van der Waals surface area contributed by atoms with Crippen LogP contribution in [0, 0.1) is 29.7 Å². The Bertz CT molecular complexity index is 2290. The fourth-order valence-electron chi connectivity index (χ4n) is 7.07. The van der Waals surface area contributed by atoms with E-state index in [1.54, 1.807) is 0 Å². The molecule has 3 aromatic carbocycles. The number of carbonyl (C=O) groups is 1. The predicted molar refractivity (Wildman–Crippen MR) is 232 cm³/mol. The molecule has 0 bridgehead atoms. The van der Waals surface area contributed by atoms with E-state index in [4.69, 9.17) is 9.40 Å². The number of benzene rings is 3. The number of nitrogens with zero attached hydrogens (tertiary/aromatic N) is 1. The number of ketones is 1. The number of allylic oxidation sites excluding steroid dienone is 2. The molecule has 0 amide bonds. The van der Waals surface area contributed by atoms with Crippen LogP contribution in [0.15, 0.2) is 83.1 Å². The Labute approximate surface area is 347 Å². The molecule has 0 fully saturated rings. The summed E-state index contributed by atoms with van der Waals surface area (Å²) < 4.78 is 7.33. The van der Waals surface area contributed by atoms with E-state index in [1.165, 1.54) is 48.5 Å². The van der Waals surface area contributed by atoms with E-state index in [0.717, 1.165) is 60.1 Å². The molecule has 295 valence electrons. The summed E-state index contributed by atoms with van der Waals surface area (Å²) in [6.45, 7) is 25.5. The molecular formula is C49H60IrNO3S-. The van der Waals surface area contributed by atoms with Crippen LogP contribution in [-0.4, -0.2) is 15.9 Å². The Morgan fingerprint density at radius 2 is 1.53 bits per heavy atom. The van der Waals surface area contributed by atoms with E-state index in [0.29, 0.717) is 5.92 Å². The summed E-state index contributed by atoms with van der Waals surface area (Å²) in [5.74, 6) is 1.90. The molecule has 0 saturated heterocycles. The molecule has 1 radical (unpaired) electrons. The quantitative estimate of drug-likeness (QED) is 0.0799. The van der Waals surface area contributed by atoms with Gasteiger partial charge in [-0.1, -0.05) is 105 Å². The normalized spacial score (nSPS) is 12.6. The van der Waals surface area contributed by atoms with Gasteiger partial charge in [0.05, 0.1) is 0 Å². The van der Waals surface area contributed by atoms with Gasteiger partial charge in [0.15, 0.2) is 5.78 Å². The van der Waals surface area contributed by atoms with Gasteiger partial charge in [-0.25, -0.2) is 0 Å². The Morgan fingerprint density at radius 3 is 2.15 bits per heavy atom. The second-order valence-electron chi connectivity index (χ2n) is 16.9. The molecule has 4 nitrogen and oxygen atoms in total. The first kappa shape index (κ1) is 44.1. The van der Waals surface area contributed by atoms with Crippen molar-refractivity contribution >= 4 is 48.9 Å². The number of hydrogen-bond donors (Lipinski definition) is 1. The van der Waals surface area contributed by atoms with Gasteiger partial charge >= 0.3 is 0 Å². The molecule has 0 saturated carbocycles. The standard InChI is InChI=1S/C34H32NOS.C15H28O2.Ir/c1-20(2)15-26-21(3)36-30-12-11-23(17-27(26)30)32-19-28-31(37-32)13-14-35-33(28)24-16-22-9-7-8-10-25(22)29(18-24)34(4,5)6;1-7-14(5,8-2)12(16)11-13(17)15(6,9-3)10-4;/h7-14,17-20H,15H2,1-6H3;11,16H,7-10H2,1-6H3;/q-1;;/b;12-11-;. The number of aryl methyl sites for hydroxylation is 1. The van der Waals surface area contributed by atoms with Gasteiger partial charge in [0.25, 0.3) is 0 Å². The molecule has 6 aromatic rings. The summed E-state index contributed by atoms with van der Waals surface area (Å²) in [6, 6.07) is 25.6. The molecule has 6 rings (SSSR count). The van der Waals surface area contributed by atoms with Crippen LogP contribution in [0.25, 0.3) is 53.5 Å². The van der Waals surface area contributed by atoms with Gasteiger partial charge in [0, 0.05) is 69.4 Å². The average Bonchev–Trinajstić information content (AvgIpc) is 3.73. The summed E-state index contributed by atoms with van der Waals surface area (Å²) in [7, 11) is 0.